The van der Waals surface area contributed by atoms with Gasteiger partial charge in [-0.15, -0.1) is 0 Å². The summed E-state index contributed by atoms with van der Waals surface area (Å²) in [5, 5.41) is 2.86. The van der Waals surface area contributed by atoms with Crippen molar-refractivity contribution in [2.24, 2.45) is 0 Å². The van der Waals surface area contributed by atoms with Crippen molar-refractivity contribution in [1.29, 1.82) is 0 Å². The quantitative estimate of drug-likeness (QED) is 0.565. The second kappa shape index (κ2) is 6.52. The van der Waals surface area contributed by atoms with Crippen molar-refractivity contribution in [2.75, 3.05) is 0 Å². The molecule has 1 aliphatic carbocycles. The number of carbonyl (C=O) groups excluding carboxylic acids is 1. The number of halogens is 1. The number of allylic oxidation sites excluding steroid dienone is 1. The molecule has 0 saturated carbocycles. The minimum atomic E-state index is -0.0222. The van der Waals surface area contributed by atoms with E-state index in [0.29, 0.717) is 0 Å². The van der Waals surface area contributed by atoms with Crippen LogP contribution in [0.15, 0.2) is 23.9 Å². The monoisotopic (exact) mass is 383 g/mol. The molecule has 2 rings (SSSR count). The van der Waals surface area contributed by atoms with Crippen molar-refractivity contribution in [2.45, 2.75) is 37.5 Å². The van der Waals surface area contributed by atoms with Crippen molar-refractivity contribution in [3.63, 3.8) is 0 Å². The first-order valence-electron chi connectivity index (χ1n) is 6.82. The number of rotatable bonds is 4. The first-order valence-corrected chi connectivity index (χ1v) is 8.47. The molecular formula is C16H20IN2O+. The van der Waals surface area contributed by atoms with Gasteiger partial charge in [0.15, 0.2) is 4.43 Å². The Morgan fingerprint density at radius 3 is 2.90 bits per heavy atom. The van der Waals surface area contributed by atoms with E-state index < -0.39 is 0 Å². The molecule has 1 aromatic heterocycles. The van der Waals surface area contributed by atoms with Gasteiger partial charge in [0.1, 0.15) is 0 Å². The summed E-state index contributed by atoms with van der Waals surface area (Å²) in [6.07, 6.45) is 4.35. The van der Waals surface area contributed by atoms with Crippen molar-refractivity contribution < 1.29 is 27.4 Å². The Hall–Kier alpha value is -1.17. The highest BCUT2D eigenvalue weighted by Gasteiger charge is 2.20. The third-order valence-electron chi connectivity index (χ3n) is 3.47. The second-order valence-electron chi connectivity index (χ2n) is 5.01. The normalized spacial score (nSPS) is 13.4. The molecule has 1 heterocycles. The standard InChI is InChI=1S/C16H19IN2O/c1-4-10(2)19-16(20)12-5-6-15-14(8-12)13(9-17)7-11(3)18-15/h7-8,17H,2,4-6,9H2,1,3H3/p+1. The predicted octanol–water partition coefficient (Wildman–Crippen LogP) is -0.455. The molecule has 0 atom stereocenters. The molecule has 0 aliphatic heterocycles. The fourth-order valence-electron chi connectivity index (χ4n) is 2.31. The molecule has 106 valence electrons. The van der Waals surface area contributed by atoms with Crippen LogP contribution in [0.2, 0.25) is 0 Å². The Balaban J connectivity index is 2.32. The fraction of sp³-hybridized carbons (Fsp3) is 0.375. The van der Waals surface area contributed by atoms with Crippen LogP contribution in [0.4, 0.5) is 0 Å². The van der Waals surface area contributed by atoms with E-state index in [4.69, 9.17) is 0 Å². The Bertz CT molecular complexity index is 590. The van der Waals surface area contributed by atoms with Crippen molar-refractivity contribution in [1.82, 2.24) is 10.3 Å². The number of nitrogens with one attached hydrogen (secondary N) is 1. The lowest BCUT2D eigenvalue weighted by atomic mass is 9.92. The summed E-state index contributed by atoms with van der Waals surface area (Å²) in [4.78, 5) is 16.8. The molecule has 1 aromatic rings. The Morgan fingerprint density at radius 2 is 2.25 bits per heavy atom. The zero-order valence-electron chi connectivity index (χ0n) is 12.0. The first kappa shape index (κ1) is 15.2. The molecule has 0 unspecified atom stereocenters. The van der Waals surface area contributed by atoms with Crippen LogP contribution in [-0.4, -0.2) is 10.9 Å². The third-order valence-corrected chi connectivity index (χ3v) is 4.35. The maximum Gasteiger partial charge on any atom is 0.257 e. The van der Waals surface area contributed by atoms with Crippen LogP contribution < -0.4 is 27.9 Å². The van der Waals surface area contributed by atoms with Crippen LogP contribution in [0.25, 0.3) is 6.08 Å². The van der Waals surface area contributed by atoms with Gasteiger partial charge in [-0.05, 0) is 38.3 Å². The molecule has 0 aromatic carbocycles. The van der Waals surface area contributed by atoms with Crippen LogP contribution in [0, 0.1) is 6.92 Å². The lowest BCUT2D eigenvalue weighted by Gasteiger charge is -2.18. The van der Waals surface area contributed by atoms with Crippen molar-refractivity contribution in [3.8, 4) is 0 Å². The maximum atomic E-state index is 12.2. The highest BCUT2D eigenvalue weighted by Crippen LogP contribution is 2.26. The highest BCUT2D eigenvalue weighted by molar-refractivity contribution is 5.99. The highest BCUT2D eigenvalue weighted by atomic mass is 127. The van der Waals surface area contributed by atoms with Gasteiger partial charge in [-0.3, -0.25) is 9.78 Å². The molecule has 3 nitrogen and oxygen atoms in total. The van der Waals surface area contributed by atoms with Crippen LogP contribution in [0.1, 0.15) is 42.3 Å². The number of amides is 1. The van der Waals surface area contributed by atoms with E-state index >= 15 is 0 Å². The average Bonchev–Trinajstić information content (AvgIpc) is 2.45. The SMILES string of the molecule is C=C(CC)NC(=O)C1=Cc2c(C[IH+])cc(C)nc2CC1. The van der Waals surface area contributed by atoms with Crippen LogP contribution >= 0.6 is 0 Å². The lowest BCUT2D eigenvalue weighted by molar-refractivity contribution is -0.386. The molecular weight excluding hydrogens is 363 g/mol. The van der Waals surface area contributed by atoms with Crippen LogP contribution in [-0.2, 0) is 15.6 Å². The van der Waals surface area contributed by atoms with Gasteiger partial charge >= 0.3 is 0 Å². The topological polar surface area (TPSA) is 42.0 Å². The van der Waals surface area contributed by atoms with Gasteiger partial charge in [-0.25, -0.2) is 0 Å². The van der Waals surface area contributed by atoms with Gasteiger partial charge in [0.25, 0.3) is 28.5 Å². The number of carbonyl (C=O) groups is 1. The molecule has 1 amide bonds. The van der Waals surface area contributed by atoms with E-state index in [1.807, 2.05) is 19.9 Å². The Morgan fingerprint density at radius 1 is 1.50 bits per heavy atom. The van der Waals surface area contributed by atoms with E-state index in [2.05, 4.69) is 45.5 Å². The Kier molecular flexibility index (Phi) is 4.96. The number of aromatic nitrogens is 1. The molecule has 0 fully saturated rings. The average molecular weight is 383 g/mol. The number of fused-ring (bicyclic) bond motifs is 1. The van der Waals surface area contributed by atoms with Gasteiger partial charge in [-0.1, -0.05) is 13.5 Å². The summed E-state index contributed by atoms with van der Waals surface area (Å²) in [5.74, 6) is -0.0222. The number of nitrogens with zero attached hydrogens (tertiary/aromatic N) is 1. The molecule has 4 heteroatoms. The van der Waals surface area contributed by atoms with Gasteiger partial charge in [0.05, 0.1) is 0 Å². The molecule has 0 radical (unpaired) electrons. The largest absolute Gasteiger partial charge is 0.327 e. The van der Waals surface area contributed by atoms with Crippen molar-refractivity contribution >= 4 is 12.0 Å². The van der Waals surface area contributed by atoms with E-state index in [1.165, 1.54) is 5.56 Å². The molecule has 0 spiro atoms. The zero-order chi connectivity index (χ0) is 14.7. The summed E-state index contributed by atoms with van der Waals surface area (Å²) < 4.78 is 0.967. The number of pyridine rings is 1. The Labute approximate surface area is 133 Å². The van der Waals surface area contributed by atoms with Gasteiger partial charge in [-0.2, -0.15) is 0 Å². The van der Waals surface area contributed by atoms with E-state index in [0.717, 1.165) is 51.9 Å². The van der Waals surface area contributed by atoms with Gasteiger partial charge in [0.2, 0.25) is 0 Å². The molecule has 20 heavy (non-hydrogen) atoms. The smallest absolute Gasteiger partial charge is 0.257 e. The summed E-state index contributed by atoms with van der Waals surface area (Å²) >= 11 is 2.06. The predicted molar refractivity (Wildman–Crippen MR) is 77.9 cm³/mol. The van der Waals surface area contributed by atoms with E-state index in [9.17, 15) is 4.79 Å². The number of aryl methyl sites for hydroxylation is 2. The second-order valence-corrected chi connectivity index (χ2v) is 5.83. The van der Waals surface area contributed by atoms with E-state index in [-0.39, 0.29) is 5.91 Å². The fourth-order valence-corrected chi connectivity index (χ4v) is 3.00. The molecule has 0 bridgehead atoms. The number of hydrogen-bond donors (Lipinski definition) is 1. The molecule has 1 aliphatic rings. The number of hydrogen-bond acceptors (Lipinski definition) is 2. The van der Waals surface area contributed by atoms with Crippen LogP contribution in [0.5, 0.6) is 0 Å². The summed E-state index contributed by atoms with van der Waals surface area (Å²) in [5.41, 5.74) is 6.18. The lowest BCUT2D eigenvalue weighted by Crippen LogP contribution is -3.33. The zero-order valence-corrected chi connectivity index (χ0v) is 14.3. The van der Waals surface area contributed by atoms with Gasteiger partial charge in [0, 0.05) is 33.8 Å². The number of alkyl halides is 1. The first-order chi connectivity index (χ1) is 9.55. The molecule has 1 N–H and O–H groups in total. The maximum absolute atomic E-state index is 12.2. The van der Waals surface area contributed by atoms with Gasteiger partial charge < -0.3 is 5.32 Å². The molecule has 0 saturated heterocycles. The minimum Gasteiger partial charge on any atom is -0.327 e. The third kappa shape index (κ3) is 3.29. The summed E-state index contributed by atoms with van der Waals surface area (Å²) in [6, 6.07) is 2.11. The van der Waals surface area contributed by atoms with E-state index in [1.54, 1.807) is 0 Å². The summed E-state index contributed by atoms with van der Waals surface area (Å²) in [6.45, 7) is 7.83. The summed E-state index contributed by atoms with van der Waals surface area (Å²) in [7, 11) is 0. The van der Waals surface area contributed by atoms with Crippen molar-refractivity contribution in [3.05, 3.63) is 46.4 Å². The van der Waals surface area contributed by atoms with Crippen LogP contribution in [0.3, 0.4) is 0 Å². The minimum absolute atomic E-state index is 0.0222.